The molecule has 3 N–H and O–H groups in total. The average molecular weight is 374 g/mol. The molecule has 0 saturated heterocycles. The van der Waals surface area contributed by atoms with Crippen molar-refractivity contribution < 1.29 is 14.0 Å². The fourth-order valence-corrected chi connectivity index (χ4v) is 2.86. The van der Waals surface area contributed by atoms with Gasteiger partial charge in [-0.05, 0) is 49.4 Å². The maximum atomic E-state index is 12.6. The SMILES string of the molecule is CC(NC(=O)c1cccc(NC(=O)c2ccco2)c1)c1nc2ccccc2[nH]1. The molecule has 28 heavy (non-hydrogen) atoms. The summed E-state index contributed by atoms with van der Waals surface area (Å²) in [5.74, 6) is 0.241. The van der Waals surface area contributed by atoms with E-state index in [0.717, 1.165) is 11.0 Å². The topological polar surface area (TPSA) is 100 Å². The van der Waals surface area contributed by atoms with Crippen molar-refractivity contribution in [2.24, 2.45) is 0 Å². The molecule has 2 aromatic carbocycles. The van der Waals surface area contributed by atoms with Crippen molar-refractivity contribution in [1.29, 1.82) is 0 Å². The Morgan fingerprint density at radius 3 is 2.68 bits per heavy atom. The first-order valence-corrected chi connectivity index (χ1v) is 8.80. The number of rotatable bonds is 5. The van der Waals surface area contributed by atoms with Gasteiger partial charge >= 0.3 is 0 Å². The van der Waals surface area contributed by atoms with Gasteiger partial charge in [0, 0.05) is 11.3 Å². The van der Waals surface area contributed by atoms with E-state index < -0.39 is 0 Å². The van der Waals surface area contributed by atoms with Crippen LogP contribution >= 0.6 is 0 Å². The lowest BCUT2D eigenvalue weighted by molar-refractivity contribution is 0.0937. The van der Waals surface area contributed by atoms with Crippen LogP contribution in [0.4, 0.5) is 5.69 Å². The summed E-state index contributed by atoms with van der Waals surface area (Å²) in [6.45, 7) is 1.86. The Morgan fingerprint density at radius 1 is 1.04 bits per heavy atom. The third-order valence-corrected chi connectivity index (χ3v) is 4.29. The van der Waals surface area contributed by atoms with E-state index in [2.05, 4.69) is 20.6 Å². The number of H-pyrrole nitrogens is 1. The molecule has 7 heteroatoms. The first kappa shape index (κ1) is 17.5. The molecule has 2 amide bonds. The smallest absolute Gasteiger partial charge is 0.291 e. The van der Waals surface area contributed by atoms with Gasteiger partial charge in [-0.2, -0.15) is 0 Å². The van der Waals surface area contributed by atoms with E-state index in [0.29, 0.717) is 17.1 Å². The van der Waals surface area contributed by atoms with E-state index in [-0.39, 0.29) is 23.6 Å². The highest BCUT2D eigenvalue weighted by Gasteiger charge is 2.16. The number of imidazole rings is 1. The Bertz CT molecular complexity index is 1100. The maximum Gasteiger partial charge on any atom is 0.291 e. The zero-order valence-corrected chi connectivity index (χ0v) is 15.1. The zero-order valence-electron chi connectivity index (χ0n) is 15.1. The monoisotopic (exact) mass is 374 g/mol. The number of carbonyl (C=O) groups excluding carboxylic acids is 2. The molecule has 0 saturated carbocycles. The predicted molar refractivity (Wildman–Crippen MR) is 105 cm³/mol. The lowest BCUT2D eigenvalue weighted by Gasteiger charge is -2.12. The number of para-hydroxylation sites is 2. The second kappa shape index (κ2) is 7.40. The number of carbonyl (C=O) groups is 2. The number of benzene rings is 2. The third kappa shape index (κ3) is 3.64. The molecule has 2 heterocycles. The van der Waals surface area contributed by atoms with Gasteiger partial charge in [0.25, 0.3) is 11.8 Å². The molecule has 0 spiro atoms. The van der Waals surface area contributed by atoms with Crippen molar-refractivity contribution >= 4 is 28.5 Å². The lowest BCUT2D eigenvalue weighted by atomic mass is 10.1. The maximum absolute atomic E-state index is 12.6. The highest BCUT2D eigenvalue weighted by Crippen LogP contribution is 2.17. The fourth-order valence-electron chi connectivity index (χ4n) is 2.86. The van der Waals surface area contributed by atoms with E-state index >= 15 is 0 Å². The normalized spacial score (nSPS) is 11.9. The minimum Gasteiger partial charge on any atom is -0.459 e. The number of anilines is 1. The minimum atomic E-state index is -0.377. The summed E-state index contributed by atoms with van der Waals surface area (Å²) in [6, 6.07) is 17.3. The largest absolute Gasteiger partial charge is 0.459 e. The van der Waals surface area contributed by atoms with Gasteiger partial charge in [-0.3, -0.25) is 9.59 Å². The van der Waals surface area contributed by atoms with E-state index in [1.165, 1.54) is 6.26 Å². The van der Waals surface area contributed by atoms with Crippen LogP contribution in [0.15, 0.2) is 71.3 Å². The molecule has 7 nitrogen and oxygen atoms in total. The molecule has 1 unspecified atom stereocenters. The van der Waals surface area contributed by atoms with Crippen molar-refractivity contribution in [1.82, 2.24) is 15.3 Å². The van der Waals surface area contributed by atoms with Crippen molar-refractivity contribution in [2.45, 2.75) is 13.0 Å². The van der Waals surface area contributed by atoms with Crippen LogP contribution in [0.2, 0.25) is 0 Å². The number of amides is 2. The highest BCUT2D eigenvalue weighted by molar-refractivity contribution is 6.03. The van der Waals surface area contributed by atoms with Gasteiger partial charge < -0.3 is 20.0 Å². The second-order valence-corrected chi connectivity index (χ2v) is 6.35. The van der Waals surface area contributed by atoms with Crippen LogP contribution in [0.3, 0.4) is 0 Å². The molecule has 0 aliphatic rings. The zero-order chi connectivity index (χ0) is 19.5. The molecule has 0 aliphatic heterocycles. The molecule has 0 radical (unpaired) electrons. The van der Waals surface area contributed by atoms with Crippen LogP contribution in [0.25, 0.3) is 11.0 Å². The Hall–Kier alpha value is -3.87. The Kier molecular flexibility index (Phi) is 4.63. The van der Waals surface area contributed by atoms with E-state index in [4.69, 9.17) is 4.42 Å². The third-order valence-electron chi connectivity index (χ3n) is 4.29. The predicted octanol–water partition coefficient (Wildman–Crippen LogP) is 3.90. The van der Waals surface area contributed by atoms with Crippen molar-refractivity contribution in [3.8, 4) is 0 Å². The van der Waals surface area contributed by atoms with E-state index in [1.807, 2.05) is 31.2 Å². The van der Waals surface area contributed by atoms with E-state index in [1.54, 1.807) is 36.4 Å². The number of fused-ring (bicyclic) bond motifs is 1. The molecule has 140 valence electrons. The number of nitrogens with one attached hydrogen (secondary N) is 3. The molecule has 1 atom stereocenters. The summed E-state index contributed by atoms with van der Waals surface area (Å²) in [6.07, 6.45) is 1.43. The summed E-state index contributed by atoms with van der Waals surface area (Å²) in [4.78, 5) is 32.4. The number of aromatic amines is 1. The number of aromatic nitrogens is 2. The van der Waals surface area contributed by atoms with Gasteiger partial charge in [-0.15, -0.1) is 0 Å². The summed E-state index contributed by atoms with van der Waals surface area (Å²) in [5.41, 5.74) is 2.70. The van der Waals surface area contributed by atoms with Gasteiger partial charge in [-0.25, -0.2) is 4.98 Å². The van der Waals surface area contributed by atoms with Crippen LogP contribution in [-0.4, -0.2) is 21.8 Å². The van der Waals surface area contributed by atoms with E-state index in [9.17, 15) is 9.59 Å². The Balaban J connectivity index is 1.46. The van der Waals surface area contributed by atoms with Gasteiger partial charge in [-0.1, -0.05) is 18.2 Å². The molecular weight excluding hydrogens is 356 g/mol. The highest BCUT2D eigenvalue weighted by atomic mass is 16.3. The van der Waals surface area contributed by atoms with Crippen molar-refractivity contribution in [3.05, 3.63) is 84.1 Å². The first-order chi connectivity index (χ1) is 13.6. The molecular formula is C21H18N4O3. The Labute approximate surface area is 160 Å². The average Bonchev–Trinajstić information content (AvgIpc) is 3.38. The number of hydrogen-bond donors (Lipinski definition) is 3. The molecule has 0 fully saturated rings. The molecule has 4 aromatic rings. The van der Waals surface area contributed by atoms with Crippen LogP contribution in [0, 0.1) is 0 Å². The summed E-state index contributed by atoms with van der Waals surface area (Å²) >= 11 is 0. The van der Waals surface area contributed by atoms with Crippen LogP contribution in [0.1, 0.15) is 39.7 Å². The molecule has 0 bridgehead atoms. The number of hydrogen-bond acceptors (Lipinski definition) is 4. The lowest BCUT2D eigenvalue weighted by Crippen LogP contribution is -2.27. The van der Waals surface area contributed by atoms with Crippen molar-refractivity contribution in [2.75, 3.05) is 5.32 Å². The van der Waals surface area contributed by atoms with Crippen LogP contribution in [0.5, 0.6) is 0 Å². The quantitative estimate of drug-likeness (QED) is 0.493. The molecule has 0 aliphatic carbocycles. The van der Waals surface area contributed by atoms with Gasteiger partial charge in [0.2, 0.25) is 0 Å². The van der Waals surface area contributed by atoms with Gasteiger partial charge in [0.05, 0.1) is 23.3 Å². The minimum absolute atomic E-state index is 0.202. The molecule has 2 aromatic heterocycles. The van der Waals surface area contributed by atoms with Crippen molar-refractivity contribution in [3.63, 3.8) is 0 Å². The summed E-state index contributed by atoms with van der Waals surface area (Å²) in [7, 11) is 0. The fraction of sp³-hybridized carbons (Fsp3) is 0.0952. The second-order valence-electron chi connectivity index (χ2n) is 6.35. The summed E-state index contributed by atoms with van der Waals surface area (Å²) < 4.78 is 5.07. The Morgan fingerprint density at radius 2 is 1.89 bits per heavy atom. The number of nitrogens with zero attached hydrogens (tertiary/aromatic N) is 1. The number of furan rings is 1. The first-order valence-electron chi connectivity index (χ1n) is 8.80. The van der Waals surface area contributed by atoms with Crippen LogP contribution < -0.4 is 10.6 Å². The van der Waals surface area contributed by atoms with Crippen LogP contribution in [-0.2, 0) is 0 Å². The summed E-state index contributed by atoms with van der Waals surface area (Å²) in [5, 5.41) is 5.63. The van der Waals surface area contributed by atoms with Gasteiger partial charge in [0.15, 0.2) is 5.76 Å². The standard InChI is InChI=1S/C21H18N4O3/c1-13(19-24-16-8-2-3-9-17(16)25-19)22-20(26)14-6-4-7-15(12-14)23-21(27)18-10-5-11-28-18/h2-13H,1H3,(H,22,26)(H,23,27)(H,24,25). The van der Waals surface area contributed by atoms with Gasteiger partial charge in [0.1, 0.15) is 5.82 Å². The molecule has 4 rings (SSSR count).